The van der Waals surface area contributed by atoms with Gasteiger partial charge in [0, 0.05) is 0 Å². The van der Waals surface area contributed by atoms with Crippen LogP contribution in [0.4, 0.5) is 0 Å². The molecule has 0 aromatic heterocycles. The number of carbonyl (C=O) groups excluding carboxylic acids is 1. The first-order valence-electron chi connectivity index (χ1n) is 11.7. The Balaban J connectivity index is 2.29. The van der Waals surface area contributed by atoms with Crippen molar-refractivity contribution >= 4 is 36.8 Å². The third kappa shape index (κ3) is 4.38. The second kappa shape index (κ2) is 10.7. The van der Waals surface area contributed by atoms with Crippen molar-refractivity contribution in [1.82, 2.24) is 0 Å². The molecular formula is C31H30GeO2. The molecule has 170 valence electrons. The predicted molar refractivity (Wildman–Crippen MR) is 144 cm³/mol. The van der Waals surface area contributed by atoms with Crippen LogP contribution in [0.25, 0.3) is 4.41 Å². The fourth-order valence-electron chi connectivity index (χ4n) is 4.91. The van der Waals surface area contributed by atoms with Gasteiger partial charge >= 0.3 is 206 Å². The van der Waals surface area contributed by atoms with E-state index in [9.17, 15) is 4.79 Å². The topological polar surface area (TPSA) is 26.3 Å². The van der Waals surface area contributed by atoms with Gasteiger partial charge in [0.1, 0.15) is 0 Å². The van der Waals surface area contributed by atoms with Crippen LogP contribution in [0.1, 0.15) is 19.4 Å². The van der Waals surface area contributed by atoms with Gasteiger partial charge in [-0.3, -0.25) is 0 Å². The van der Waals surface area contributed by atoms with Crippen LogP contribution >= 0.6 is 0 Å². The number of benzene rings is 4. The molecule has 0 unspecified atom stereocenters. The van der Waals surface area contributed by atoms with Crippen molar-refractivity contribution in [3.8, 4) is 0 Å². The van der Waals surface area contributed by atoms with E-state index < -0.39 is 13.3 Å². The van der Waals surface area contributed by atoms with Crippen LogP contribution in [0.15, 0.2) is 127 Å². The van der Waals surface area contributed by atoms with Gasteiger partial charge in [-0.15, -0.1) is 0 Å². The Kier molecular flexibility index (Phi) is 7.49. The molecule has 0 atom stereocenters. The van der Waals surface area contributed by atoms with E-state index in [4.69, 9.17) is 4.74 Å². The fourth-order valence-corrected chi connectivity index (χ4v) is 16.1. The van der Waals surface area contributed by atoms with Crippen LogP contribution in [0, 0.1) is 5.92 Å². The zero-order valence-corrected chi connectivity index (χ0v) is 22.0. The normalized spacial score (nSPS) is 12.2. The molecule has 0 N–H and O–H groups in total. The van der Waals surface area contributed by atoms with Gasteiger partial charge in [-0.25, -0.2) is 0 Å². The molecule has 0 bridgehead atoms. The standard InChI is InChI=1S/C31H30GeO2/c1-24(2)29(31(33)34-3)30(25-16-8-4-9-17-25)32(26-18-10-5-11-19-26,27-20-12-6-13-21-27)28-22-14-7-15-23-28/h4-24H,1-3H3/b30-29-. The Labute approximate surface area is 205 Å². The van der Waals surface area contributed by atoms with Gasteiger partial charge in [0.2, 0.25) is 0 Å². The summed E-state index contributed by atoms with van der Waals surface area (Å²) >= 11 is -3.68. The van der Waals surface area contributed by atoms with Crippen molar-refractivity contribution in [2.24, 2.45) is 5.92 Å². The molecule has 3 heteroatoms. The van der Waals surface area contributed by atoms with Crippen LogP contribution in [-0.2, 0) is 9.53 Å². The Morgan fingerprint density at radius 3 is 1.29 bits per heavy atom. The summed E-state index contributed by atoms with van der Waals surface area (Å²) in [6.45, 7) is 4.17. The minimum absolute atomic E-state index is 0.0104. The zero-order valence-electron chi connectivity index (χ0n) is 19.9. The molecule has 0 spiro atoms. The number of ether oxygens (including phenoxy) is 1. The molecule has 0 aliphatic rings. The number of carbonyl (C=O) groups is 1. The second-order valence-electron chi connectivity index (χ2n) is 8.65. The molecule has 4 rings (SSSR count). The van der Waals surface area contributed by atoms with E-state index in [2.05, 4.69) is 129 Å². The van der Waals surface area contributed by atoms with E-state index in [-0.39, 0.29) is 11.9 Å². The van der Waals surface area contributed by atoms with Gasteiger partial charge in [0.15, 0.2) is 0 Å². The average molecular weight is 507 g/mol. The van der Waals surface area contributed by atoms with Crippen molar-refractivity contribution in [2.75, 3.05) is 7.11 Å². The minimum atomic E-state index is -3.68. The number of esters is 1. The number of rotatable bonds is 7. The van der Waals surface area contributed by atoms with E-state index in [0.717, 1.165) is 15.5 Å². The molecule has 0 fully saturated rings. The van der Waals surface area contributed by atoms with Crippen molar-refractivity contribution in [2.45, 2.75) is 13.8 Å². The van der Waals surface area contributed by atoms with Gasteiger partial charge in [0.05, 0.1) is 0 Å². The number of methoxy groups -OCH3 is 1. The summed E-state index contributed by atoms with van der Waals surface area (Å²) < 4.78 is 10.4. The molecular weight excluding hydrogens is 477 g/mol. The maximum absolute atomic E-state index is 13.5. The summed E-state index contributed by atoms with van der Waals surface area (Å²) in [7, 11) is 1.48. The average Bonchev–Trinajstić information content (AvgIpc) is 2.90. The maximum atomic E-state index is 13.5. The molecule has 0 amide bonds. The summed E-state index contributed by atoms with van der Waals surface area (Å²) in [5.74, 6) is -0.268. The van der Waals surface area contributed by atoms with Crippen LogP contribution < -0.4 is 13.2 Å². The number of hydrogen-bond donors (Lipinski definition) is 0. The van der Waals surface area contributed by atoms with Gasteiger partial charge in [-0.1, -0.05) is 0 Å². The molecule has 0 heterocycles. The van der Waals surface area contributed by atoms with Crippen LogP contribution in [-0.4, -0.2) is 26.3 Å². The van der Waals surface area contributed by atoms with Crippen LogP contribution in [0.2, 0.25) is 0 Å². The molecule has 2 nitrogen and oxygen atoms in total. The Morgan fingerprint density at radius 2 is 0.971 bits per heavy atom. The van der Waals surface area contributed by atoms with Crippen LogP contribution in [0.3, 0.4) is 0 Å². The molecule has 0 saturated heterocycles. The van der Waals surface area contributed by atoms with Crippen molar-refractivity contribution < 1.29 is 9.53 Å². The van der Waals surface area contributed by atoms with E-state index in [1.54, 1.807) is 0 Å². The second-order valence-corrected chi connectivity index (χ2v) is 16.5. The summed E-state index contributed by atoms with van der Waals surface area (Å²) in [6.07, 6.45) is 0. The molecule has 0 saturated carbocycles. The first-order chi connectivity index (χ1) is 16.6. The van der Waals surface area contributed by atoms with E-state index >= 15 is 0 Å². The Morgan fingerprint density at radius 1 is 0.618 bits per heavy atom. The first-order valence-corrected chi connectivity index (χ1v) is 15.8. The van der Waals surface area contributed by atoms with Gasteiger partial charge in [0.25, 0.3) is 0 Å². The van der Waals surface area contributed by atoms with E-state index in [1.807, 2.05) is 6.07 Å². The Bertz CT molecular complexity index is 1150. The van der Waals surface area contributed by atoms with Gasteiger partial charge in [-0.05, 0) is 0 Å². The third-order valence-corrected chi connectivity index (χ3v) is 16.6. The summed E-state index contributed by atoms with van der Waals surface area (Å²) in [4.78, 5) is 13.5. The molecule has 34 heavy (non-hydrogen) atoms. The quantitative estimate of drug-likeness (QED) is 0.201. The van der Waals surface area contributed by atoms with Gasteiger partial charge in [-0.2, -0.15) is 0 Å². The predicted octanol–water partition coefficient (Wildman–Crippen LogP) is 4.98. The van der Waals surface area contributed by atoms with Crippen LogP contribution in [0.5, 0.6) is 0 Å². The van der Waals surface area contributed by atoms with E-state index in [0.29, 0.717) is 0 Å². The monoisotopic (exact) mass is 508 g/mol. The fraction of sp³-hybridized carbons (Fsp3) is 0.129. The molecule has 0 aliphatic heterocycles. The SMILES string of the molecule is COC(=O)/C(=[C](/c1ccccc1)[Ge]([c]1ccccc1)([c]1ccccc1)[c]1ccccc1)C(C)C. The van der Waals surface area contributed by atoms with Gasteiger partial charge < -0.3 is 0 Å². The molecule has 4 aromatic rings. The Hall–Kier alpha value is -3.37. The molecule has 0 radical (unpaired) electrons. The van der Waals surface area contributed by atoms with E-state index in [1.165, 1.54) is 20.3 Å². The van der Waals surface area contributed by atoms with Crippen molar-refractivity contribution in [3.05, 3.63) is 132 Å². The zero-order chi connectivity index (χ0) is 24.0. The molecule has 0 aliphatic carbocycles. The summed E-state index contributed by atoms with van der Waals surface area (Å²) in [5.41, 5.74) is 1.83. The number of hydrogen-bond acceptors (Lipinski definition) is 2. The third-order valence-electron chi connectivity index (χ3n) is 6.31. The molecule has 4 aromatic carbocycles. The van der Waals surface area contributed by atoms with Crippen molar-refractivity contribution in [1.29, 1.82) is 0 Å². The van der Waals surface area contributed by atoms with Crippen molar-refractivity contribution in [3.63, 3.8) is 0 Å². The summed E-state index contributed by atoms with van der Waals surface area (Å²) in [5, 5.41) is 0. The summed E-state index contributed by atoms with van der Waals surface area (Å²) in [6, 6.07) is 42.6. The first kappa shape index (κ1) is 23.8.